The highest BCUT2D eigenvalue weighted by atomic mass is 79.9. The fraction of sp³-hybridized carbons (Fsp3) is 0.400. The zero-order valence-corrected chi connectivity index (χ0v) is 9.02. The van der Waals surface area contributed by atoms with Gasteiger partial charge in [-0.3, -0.25) is 0 Å². The molecule has 0 spiro atoms. The Morgan fingerprint density at radius 2 is 2.23 bits per heavy atom. The van der Waals surface area contributed by atoms with Gasteiger partial charge in [0.05, 0.1) is 11.6 Å². The van der Waals surface area contributed by atoms with Gasteiger partial charge in [-0.25, -0.2) is 0 Å². The van der Waals surface area contributed by atoms with Crippen LogP contribution in [0.5, 0.6) is 11.5 Å². The predicted octanol–water partition coefficient (Wildman–Crippen LogP) is 2.65. The van der Waals surface area contributed by atoms with E-state index in [1.165, 1.54) is 17.5 Å². The van der Waals surface area contributed by atoms with Gasteiger partial charge in [0.25, 0.3) is 0 Å². The van der Waals surface area contributed by atoms with Crippen molar-refractivity contribution >= 4 is 15.9 Å². The molecule has 0 saturated carbocycles. The smallest absolute Gasteiger partial charge is 0.174 e. The number of phenols is 1. The number of rotatable bonds is 1. The van der Waals surface area contributed by atoms with E-state index in [-0.39, 0.29) is 5.75 Å². The van der Waals surface area contributed by atoms with E-state index in [4.69, 9.17) is 4.74 Å². The fourth-order valence-corrected chi connectivity index (χ4v) is 2.67. The largest absolute Gasteiger partial charge is 0.504 e. The molecule has 1 N–H and O–H groups in total. The van der Waals surface area contributed by atoms with Crippen LogP contribution in [-0.2, 0) is 12.8 Å². The van der Waals surface area contributed by atoms with Gasteiger partial charge in [0.1, 0.15) is 0 Å². The van der Waals surface area contributed by atoms with E-state index in [0.29, 0.717) is 5.75 Å². The van der Waals surface area contributed by atoms with E-state index in [1.54, 1.807) is 7.11 Å². The van der Waals surface area contributed by atoms with E-state index in [9.17, 15) is 5.11 Å². The Morgan fingerprint density at radius 1 is 1.46 bits per heavy atom. The summed E-state index contributed by atoms with van der Waals surface area (Å²) < 4.78 is 6.02. The number of fused-ring (bicyclic) bond motifs is 1. The predicted molar refractivity (Wildman–Crippen MR) is 54.4 cm³/mol. The molecule has 0 radical (unpaired) electrons. The Hall–Kier alpha value is -0.700. The van der Waals surface area contributed by atoms with Crippen LogP contribution in [0.3, 0.4) is 0 Å². The summed E-state index contributed by atoms with van der Waals surface area (Å²) in [7, 11) is 1.57. The summed E-state index contributed by atoms with van der Waals surface area (Å²) >= 11 is 3.46. The molecule has 0 fully saturated rings. The SMILES string of the molecule is COc1c(O)cc2c(c1Br)CCC2. The normalized spacial score (nSPS) is 14.3. The van der Waals surface area contributed by atoms with Crippen molar-refractivity contribution in [2.24, 2.45) is 0 Å². The first-order valence-corrected chi connectivity index (χ1v) is 5.10. The van der Waals surface area contributed by atoms with E-state index in [0.717, 1.165) is 17.3 Å². The number of phenolic OH excluding ortho intramolecular Hbond substituents is 1. The quantitative estimate of drug-likeness (QED) is 0.821. The van der Waals surface area contributed by atoms with Gasteiger partial charge in [0.15, 0.2) is 11.5 Å². The van der Waals surface area contributed by atoms with Crippen molar-refractivity contribution in [3.05, 3.63) is 21.7 Å². The summed E-state index contributed by atoms with van der Waals surface area (Å²) in [5.74, 6) is 0.788. The standard InChI is InChI=1S/C10H11BrO2/c1-13-10-8(12)5-6-3-2-4-7(6)9(10)11/h5,12H,2-4H2,1H3. The van der Waals surface area contributed by atoms with Crippen molar-refractivity contribution < 1.29 is 9.84 Å². The molecule has 0 unspecified atom stereocenters. The molecule has 1 aromatic carbocycles. The summed E-state index contributed by atoms with van der Waals surface area (Å²) in [5.41, 5.74) is 2.53. The third kappa shape index (κ3) is 1.31. The molecule has 0 aliphatic heterocycles. The maximum absolute atomic E-state index is 9.60. The maximum Gasteiger partial charge on any atom is 0.174 e. The number of benzene rings is 1. The van der Waals surface area contributed by atoms with E-state index in [2.05, 4.69) is 15.9 Å². The van der Waals surface area contributed by atoms with Gasteiger partial charge >= 0.3 is 0 Å². The molecular weight excluding hydrogens is 232 g/mol. The highest BCUT2D eigenvalue weighted by Gasteiger charge is 2.19. The molecular formula is C10H11BrO2. The lowest BCUT2D eigenvalue weighted by Crippen LogP contribution is -1.91. The molecule has 1 aliphatic carbocycles. The monoisotopic (exact) mass is 242 g/mol. The van der Waals surface area contributed by atoms with Gasteiger partial charge in [-0.2, -0.15) is 0 Å². The summed E-state index contributed by atoms with van der Waals surface area (Å²) in [6.45, 7) is 0. The molecule has 1 aliphatic rings. The summed E-state index contributed by atoms with van der Waals surface area (Å²) in [4.78, 5) is 0. The molecule has 2 rings (SSSR count). The van der Waals surface area contributed by atoms with Crippen molar-refractivity contribution in [2.45, 2.75) is 19.3 Å². The zero-order chi connectivity index (χ0) is 9.42. The minimum absolute atomic E-state index is 0.232. The lowest BCUT2D eigenvalue weighted by atomic mass is 10.1. The summed E-state index contributed by atoms with van der Waals surface area (Å²) in [6.07, 6.45) is 3.30. The Bertz CT molecular complexity index is 344. The van der Waals surface area contributed by atoms with Crippen molar-refractivity contribution in [3.63, 3.8) is 0 Å². The van der Waals surface area contributed by atoms with Gasteiger partial charge < -0.3 is 9.84 Å². The lowest BCUT2D eigenvalue weighted by Gasteiger charge is -2.10. The van der Waals surface area contributed by atoms with Crippen LogP contribution in [0.2, 0.25) is 0 Å². The first kappa shape index (κ1) is 8.88. The van der Waals surface area contributed by atoms with Crippen LogP contribution >= 0.6 is 15.9 Å². The van der Waals surface area contributed by atoms with Crippen LogP contribution in [0, 0.1) is 0 Å². The Balaban J connectivity index is 2.62. The average Bonchev–Trinajstić information content (AvgIpc) is 2.53. The summed E-state index contributed by atoms with van der Waals surface area (Å²) in [6, 6.07) is 1.81. The molecule has 0 amide bonds. The highest BCUT2D eigenvalue weighted by Crippen LogP contribution is 2.42. The van der Waals surface area contributed by atoms with E-state index >= 15 is 0 Å². The van der Waals surface area contributed by atoms with E-state index in [1.807, 2.05) is 6.07 Å². The van der Waals surface area contributed by atoms with Crippen LogP contribution in [0.4, 0.5) is 0 Å². The lowest BCUT2D eigenvalue weighted by molar-refractivity contribution is 0.370. The van der Waals surface area contributed by atoms with Gasteiger partial charge in [-0.05, 0) is 52.4 Å². The number of methoxy groups -OCH3 is 1. The van der Waals surface area contributed by atoms with Crippen LogP contribution < -0.4 is 4.74 Å². The Morgan fingerprint density at radius 3 is 2.92 bits per heavy atom. The molecule has 13 heavy (non-hydrogen) atoms. The van der Waals surface area contributed by atoms with Crippen LogP contribution in [0.15, 0.2) is 10.5 Å². The van der Waals surface area contributed by atoms with E-state index < -0.39 is 0 Å². The highest BCUT2D eigenvalue weighted by molar-refractivity contribution is 9.10. The van der Waals surface area contributed by atoms with Crippen molar-refractivity contribution in [3.8, 4) is 11.5 Å². The minimum Gasteiger partial charge on any atom is -0.504 e. The number of aromatic hydroxyl groups is 1. The Labute approximate surface area is 85.7 Å². The van der Waals surface area contributed by atoms with Crippen molar-refractivity contribution in [1.82, 2.24) is 0 Å². The van der Waals surface area contributed by atoms with Crippen LogP contribution in [0.1, 0.15) is 17.5 Å². The third-order valence-corrected chi connectivity index (χ3v) is 3.31. The van der Waals surface area contributed by atoms with Gasteiger partial charge in [-0.1, -0.05) is 0 Å². The number of ether oxygens (including phenoxy) is 1. The van der Waals surface area contributed by atoms with Crippen LogP contribution in [0.25, 0.3) is 0 Å². The molecule has 0 bridgehead atoms. The van der Waals surface area contributed by atoms with Crippen molar-refractivity contribution in [1.29, 1.82) is 0 Å². The zero-order valence-electron chi connectivity index (χ0n) is 7.43. The number of aryl methyl sites for hydroxylation is 1. The first-order chi connectivity index (χ1) is 6.24. The molecule has 0 atom stereocenters. The van der Waals surface area contributed by atoms with Gasteiger partial charge in [0, 0.05) is 0 Å². The summed E-state index contributed by atoms with van der Waals surface area (Å²) in [5, 5.41) is 9.60. The molecule has 1 aromatic rings. The van der Waals surface area contributed by atoms with Gasteiger partial charge in [-0.15, -0.1) is 0 Å². The molecule has 3 heteroatoms. The first-order valence-electron chi connectivity index (χ1n) is 4.31. The second-order valence-electron chi connectivity index (χ2n) is 3.23. The molecule has 0 saturated heterocycles. The molecule has 0 aromatic heterocycles. The van der Waals surface area contributed by atoms with Crippen molar-refractivity contribution in [2.75, 3.05) is 7.11 Å². The van der Waals surface area contributed by atoms with Gasteiger partial charge in [0.2, 0.25) is 0 Å². The number of halogens is 1. The number of hydrogen-bond acceptors (Lipinski definition) is 2. The fourth-order valence-electron chi connectivity index (χ4n) is 1.85. The second-order valence-corrected chi connectivity index (χ2v) is 4.03. The maximum atomic E-state index is 9.60. The van der Waals surface area contributed by atoms with Crippen LogP contribution in [-0.4, -0.2) is 12.2 Å². The topological polar surface area (TPSA) is 29.5 Å². The molecule has 0 heterocycles. The minimum atomic E-state index is 0.232. The Kier molecular flexibility index (Phi) is 2.20. The average molecular weight is 243 g/mol. The molecule has 2 nitrogen and oxygen atoms in total. The third-order valence-electron chi connectivity index (χ3n) is 2.47. The molecule has 70 valence electrons. The number of hydrogen-bond donors (Lipinski definition) is 1. The second kappa shape index (κ2) is 3.22.